The van der Waals surface area contributed by atoms with Crippen molar-refractivity contribution in [3.63, 3.8) is 0 Å². The number of benzene rings is 2. The molecule has 8 heteroatoms. The number of nitrogens with one attached hydrogen (secondary N) is 2. The summed E-state index contributed by atoms with van der Waals surface area (Å²) >= 11 is 0. The van der Waals surface area contributed by atoms with Gasteiger partial charge in [0.25, 0.3) is 0 Å². The Labute approximate surface area is 170 Å². The van der Waals surface area contributed by atoms with Crippen LogP contribution in [0.4, 0.5) is 5.69 Å². The van der Waals surface area contributed by atoms with Gasteiger partial charge in [0.15, 0.2) is 17.5 Å². The number of esters is 1. The molecule has 8 nitrogen and oxygen atoms in total. The smallest absolute Gasteiger partial charge is 0.341 e. The molecule has 2 rings (SSSR count). The van der Waals surface area contributed by atoms with Gasteiger partial charge in [-0.3, -0.25) is 4.99 Å². The molecular formula is C21H27N3O5. The Balaban J connectivity index is 2.08. The quantitative estimate of drug-likeness (QED) is 0.399. The van der Waals surface area contributed by atoms with Crippen LogP contribution >= 0.6 is 0 Å². The van der Waals surface area contributed by atoms with Gasteiger partial charge in [-0.1, -0.05) is 6.07 Å². The van der Waals surface area contributed by atoms with Crippen molar-refractivity contribution in [3.05, 3.63) is 47.5 Å². The molecule has 2 aromatic rings. The Bertz CT molecular complexity index is 867. The minimum absolute atomic E-state index is 0.378. The molecule has 0 bridgehead atoms. The largest absolute Gasteiger partial charge is 0.496 e. The zero-order chi connectivity index (χ0) is 21.2. The van der Waals surface area contributed by atoms with Crippen LogP contribution in [0.15, 0.2) is 41.4 Å². The monoisotopic (exact) mass is 401 g/mol. The summed E-state index contributed by atoms with van der Waals surface area (Å²) in [4.78, 5) is 16.0. The summed E-state index contributed by atoms with van der Waals surface area (Å²) in [6, 6.07) is 10.8. The second-order valence-corrected chi connectivity index (χ2v) is 5.88. The number of aliphatic imine (C=N–C) groups is 1. The van der Waals surface area contributed by atoms with Crippen molar-refractivity contribution >= 4 is 17.6 Å². The molecule has 29 heavy (non-hydrogen) atoms. The minimum atomic E-state index is -0.441. The Kier molecular flexibility index (Phi) is 8.14. The third-order valence-corrected chi connectivity index (χ3v) is 4.08. The van der Waals surface area contributed by atoms with E-state index in [4.69, 9.17) is 18.9 Å². The van der Waals surface area contributed by atoms with Crippen molar-refractivity contribution in [2.75, 3.05) is 40.3 Å². The summed E-state index contributed by atoms with van der Waals surface area (Å²) in [7, 11) is 6.14. The maximum atomic E-state index is 11.8. The van der Waals surface area contributed by atoms with E-state index < -0.39 is 5.97 Å². The molecule has 0 heterocycles. The molecule has 0 aromatic heterocycles. The van der Waals surface area contributed by atoms with Crippen LogP contribution in [0.2, 0.25) is 0 Å². The topological polar surface area (TPSA) is 90.4 Å². The van der Waals surface area contributed by atoms with E-state index >= 15 is 0 Å². The Morgan fingerprint density at radius 3 is 2.38 bits per heavy atom. The van der Waals surface area contributed by atoms with E-state index in [-0.39, 0.29) is 0 Å². The van der Waals surface area contributed by atoms with Gasteiger partial charge in [0.1, 0.15) is 11.3 Å². The van der Waals surface area contributed by atoms with Crippen LogP contribution in [0.3, 0.4) is 0 Å². The van der Waals surface area contributed by atoms with E-state index in [1.165, 1.54) is 14.2 Å². The van der Waals surface area contributed by atoms with Gasteiger partial charge in [0.2, 0.25) is 0 Å². The van der Waals surface area contributed by atoms with E-state index in [2.05, 4.69) is 15.6 Å². The van der Waals surface area contributed by atoms with E-state index in [0.29, 0.717) is 41.9 Å². The highest BCUT2D eigenvalue weighted by molar-refractivity contribution is 5.94. The molecule has 0 atom stereocenters. The first kappa shape index (κ1) is 21.9. The zero-order valence-corrected chi connectivity index (χ0v) is 17.4. The molecular weight excluding hydrogens is 374 g/mol. The van der Waals surface area contributed by atoms with Gasteiger partial charge < -0.3 is 29.6 Å². The lowest BCUT2D eigenvalue weighted by atomic mass is 10.1. The van der Waals surface area contributed by atoms with Crippen LogP contribution in [-0.4, -0.2) is 46.9 Å². The highest BCUT2D eigenvalue weighted by Crippen LogP contribution is 2.30. The molecule has 0 saturated carbocycles. The van der Waals surface area contributed by atoms with E-state index in [1.807, 2.05) is 31.2 Å². The lowest BCUT2D eigenvalue weighted by Crippen LogP contribution is -2.30. The summed E-state index contributed by atoms with van der Waals surface area (Å²) in [6.45, 7) is 2.93. The molecule has 0 amide bonds. The number of hydrogen-bond donors (Lipinski definition) is 2. The molecule has 0 radical (unpaired) electrons. The van der Waals surface area contributed by atoms with Crippen LogP contribution in [0.25, 0.3) is 0 Å². The van der Waals surface area contributed by atoms with Gasteiger partial charge in [-0.15, -0.1) is 0 Å². The Hall–Kier alpha value is -3.42. The van der Waals surface area contributed by atoms with Crippen LogP contribution in [0.1, 0.15) is 22.8 Å². The molecule has 0 saturated heterocycles. The third-order valence-electron chi connectivity index (χ3n) is 4.08. The van der Waals surface area contributed by atoms with Gasteiger partial charge in [-0.2, -0.15) is 0 Å². The molecule has 0 aliphatic carbocycles. The molecule has 0 aliphatic rings. The van der Waals surface area contributed by atoms with Crippen molar-refractivity contribution in [3.8, 4) is 17.2 Å². The Morgan fingerprint density at radius 2 is 1.76 bits per heavy atom. The number of carbonyl (C=O) groups is 1. The number of nitrogens with zero attached hydrogens (tertiary/aromatic N) is 1. The van der Waals surface area contributed by atoms with E-state index in [0.717, 1.165) is 11.3 Å². The third kappa shape index (κ3) is 5.78. The molecule has 0 unspecified atom stereocenters. The number of guanidine groups is 1. The van der Waals surface area contributed by atoms with Gasteiger partial charge >= 0.3 is 5.97 Å². The Morgan fingerprint density at radius 1 is 1.00 bits per heavy atom. The molecule has 0 fully saturated rings. The molecule has 2 aromatic carbocycles. The van der Waals surface area contributed by atoms with Crippen LogP contribution in [0.5, 0.6) is 17.2 Å². The fourth-order valence-corrected chi connectivity index (χ4v) is 2.65. The van der Waals surface area contributed by atoms with E-state index in [9.17, 15) is 4.79 Å². The SMILES string of the molecule is CCOc1cc(NC(=NC)NCc2ccc(C(=O)OC)c(OC)c2)ccc1OC. The summed E-state index contributed by atoms with van der Waals surface area (Å²) in [5, 5.41) is 6.44. The minimum Gasteiger partial charge on any atom is -0.496 e. The number of anilines is 1. The number of rotatable bonds is 8. The van der Waals surface area contributed by atoms with Crippen molar-refractivity contribution in [1.82, 2.24) is 5.32 Å². The van der Waals surface area contributed by atoms with Crippen LogP contribution < -0.4 is 24.8 Å². The summed E-state index contributed by atoms with van der Waals surface area (Å²) in [5.41, 5.74) is 2.10. The van der Waals surface area contributed by atoms with Crippen LogP contribution in [0, 0.1) is 0 Å². The fourth-order valence-electron chi connectivity index (χ4n) is 2.65. The maximum absolute atomic E-state index is 11.8. The number of ether oxygens (including phenoxy) is 4. The first-order chi connectivity index (χ1) is 14.1. The van der Waals surface area contributed by atoms with E-state index in [1.54, 1.807) is 26.3 Å². The van der Waals surface area contributed by atoms with Gasteiger partial charge in [0.05, 0.1) is 27.9 Å². The van der Waals surface area contributed by atoms with Crippen molar-refractivity contribution in [1.29, 1.82) is 0 Å². The highest BCUT2D eigenvalue weighted by Gasteiger charge is 2.13. The van der Waals surface area contributed by atoms with Crippen molar-refractivity contribution in [2.24, 2.45) is 4.99 Å². The predicted octanol–water partition coefficient (Wildman–Crippen LogP) is 3.08. The van der Waals surface area contributed by atoms with Gasteiger partial charge in [-0.25, -0.2) is 4.79 Å². The number of hydrogen-bond acceptors (Lipinski definition) is 6. The predicted molar refractivity (Wildman–Crippen MR) is 112 cm³/mol. The molecule has 0 aliphatic heterocycles. The average molecular weight is 401 g/mol. The fraction of sp³-hybridized carbons (Fsp3) is 0.333. The van der Waals surface area contributed by atoms with Crippen molar-refractivity contribution < 1.29 is 23.7 Å². The summed E-state index contributed by atoms with van der Waals surface area (Å²) in [6.07, 6.45) is 0. The van der Waals surface area contributed by atoms with Crippen LogP contribution in [-0.2, 0) is 11.3 Å². The second-order valence-electron chi connectivity index (χ2n) is 5.88. The summed E-state index contributed by atoms with van der Waals surface area (Å²) in [5.74, 6) is 1.91. The first-order valence-corrected chi connectivity index (χ1v) is 9.10. The molecule has 156 valence electrons. The van der Waals surface area contributed by atoms with Gasteiger partial charge in [-0.05, 0) is 36.8 Å². The number of carbonyl (C=O) groups excluding carboxylic acids is 1. The average Bonchev–Trinajstić information content (AvgIpc) is 2.76. The van der Waals surface area contributed by atoms with Crippen molar-refractivity contribution in [2.45, 2.75) is 13.5 Å². The lowest BCUT2D eigenvalue weighted by Gasteiger charge is -2.15. The first-order valence-electron chi connectivity index (χ1n) is 9.10. The summed E-state index contributed by atoms with van der Waals surface area (Å²) < 4.78 is 21.0. The second kappa shape index (κ2) is 10.8. The normalized spacial score (nSPS) is 10.9. The molecule has 2 N–H and O–H groups in total. The maximum Gasteiger partial charge on any atom is 0.341 e. The lowest BCUT2D eigenvalue weighted by molar-refractivity contribution is 0.0597. The zero-order valence-electron chi connectivity index (χ0n) is 17.4. The number of methoxy groups -OCH3 is 3. The highest BCUT2D eigenvalue weighted by atomic mass is 16.5. The standard InChI is InChI=1S/C21H27N3O5/c1-6-29-19-12-15(8-10-17(19)26-3)24-21(22-2)23-13-14-7-9-16(20(25)28-5)18(11-14)27-4/h7-12H,6,13H2,1-5H3,(H2,22,23,24). The van der Waals surface area contributed by atoms with Gasteiger partial charge in [0, 0.05) is 25.3 Å². The molecule has 0 spiro atoms.